The number of rotatable bonds is 2. The number of benzene rings is 3. The Morgan fingerprint density at radius 3 is 2.33 bits per heavy atom. The van der Waals surface area contributed by atoms with Crippen LogP contribution in [0, 0.1) is 10.1 Å². The molecule has 0 saturated heterocycles. The number of nitrogens with zero attached hydrogens (tertiary/aromatic N) is 3. The lowest BCUT2D eigenvalue weighted by molar-refractivity contribution is -0.384. The molecule has 3 heterocycles. The van der Waals surface area contributed by atoms with Gasteiger partial charge in [-0.2, -0.15) is 0 Å². The zero-order valence-corrected chi connectivity index (χ0v) is 16.0. The lowest BCUT2D eigenvalue weighted by Crippen LogP contribution is -2.36. The van der Waals surface area contributed by atoms with Crippen molar-refractivity contribution in [3.63, 3.8) is 0 Å². The lowest BCUT2D eigenvalue weighted by Gasteiger charge is -2.44. The number of anilines is 1. The molecule has 0 N–H and O–H groups in total. The summed E-state index contributed by atoms with van der Waals surface area (Å²) in [6, 6.07) is 27.9. The predicted octanol–water partition coefficient (Wildman–Crippen LogP) is 5.81. The van der Waals surface area contributed by atoms with Crippen LogP contribution >= 0.6 is 0 Å². The highest BCUT2D eigenvalue weighted by Crippen LogP contribution is 2.50. The topological polar surface area (TPSA) is 51.3 Å². The van der Waals surface area contributed by atoms with Crippen LogP contribution in [-0.2, 0) is 0 Å². The first kappa shape index (κ1) is 16.8. The van der Waals surface area contributed by atoms with Crippen LogP contribution in [0.2, 0.25) is 0 Å². The second-order valence-corrected chi connectivity index (χ2v) is 7.53. The molecule has 0 saturated carbocycles. The van der Waals surface area contributed by atoms with Gasteiger partial charge in [-0.15, -0.1) is 0 Å². The van der Waals surface area contributed by atoms with Crippen molar-refractivity contribution in [2.75, 3.05) is 4.90 Å². The molecule has 1 aromatic heterocycles. The van der Waals surface area contributed by atoms with E-state index in [-0.39, 0.29) is 16.7 Å². The van der Waals surface area contributed by atoms with E-state index in [9.17, 15) is 10.1 Å². The van der Waals surface area contributed by atoms with Gasteiger partial charge < -0.3 is 9.47 Å². The SMILES string of the molecule is O=[N+]([O-])c1ccc(C2=Cc3ccccc3C3c4cccn4-c4ccccc4N23)cc1. The highest BCUT2D eigenvalue weighted by Gasteiger charge is 2.37. The number of hydrogen-bond donors (Lipinski definition) is 0. The standard InChI is InChI=1S/C25H17N3O2/c29-28(30)19-13-11-17(12-14-19)24-16-18-6-1-2-7-20(18)25-23-10-5-15-26(23)21-8-3-4-9-22(21)27(24)25/h1-16,25H. The molecule has 0 spiro atoms. The van der Waals surface area contributed by atoms with E-state index in [4.69, 9.17) is 0 Å². The van der Waals surface area contributed by atoms with Crippen molar-refractivity contribution in [2.45, 2.75) is 6.04 Å². The summed E-state index contributed by atoms with van der Waals surface area (Å²) in [6.07, 6.45) is 4.29. The van der Waals surface area contributed by atoms with E-state index in [0.29, 0.717) is 0 Å². The molecule has 0 bridgehead atoms. The first-order chi connectivity index (χ1) is 14.7. The van der Waals surface area contributed by atoms with Gasteiger partial charge in [0.1, 0.15) is 6.04 Å². The Hall–Kier alpha value is -4.12. The Bertz CT molecular complexity index is 1330. The molecular formula is C25H17N3O2. The Morgan fingerprint density at radius 1 is 0.800 bits per heavy atom. The maximum absolute atomic E-state index is 11.1. The molecule has 6 rings (SSSR count). The Morgan fingerprint density at radius 2 is 1.53 bits per heavy atom. The molecule has 5 heteroatoms. The van der Waals surface area contributed by atoms with Crippen LogP contribution in [0.4, 0.5) is 11.4 Å². The minimum atomic E-state index is -0.361. The zero-order valence-electron chi connectivity index (χ0n) is 16.0. The number of aromatic nitrogens is 1. The number of fused-ring (bicyclic) bond motifs is 8. The van der Waals surface area contributed by atoms with Crippen molar-refractivity contribution >= 4 is 23.1 Å². The van der Waals surface area contributed by atoms with Crippen LogP contribution < -0.4 is 4.90 Å². The molecule has 0 aliphatic carbocycles. The average Bonchev–Trinajstić information content (AvgIpc) is 3.28. The molecule has 30 heavy (non-hydrogen) atoms. The summed E-state index contributed by atoms with van der Waals surface area (Å²) >= 11 is 0. The van der Waals surface area contributed by atoms with E-state index in [2.05, 4.69) is 76.3 Å². The smallest absolute Gasteiger partial charge is 0.269 e. The monoisotopic (exact) mass is 391 g/mol. The van der Waals surface area contributed by atoms with E-state index in [0.717, 1.165) is 22.6 Å². The molecule has 0 radical (unpaired) electrons. The summed E-state index contributed by atoms with van der Waals surface area (Å²) < 4.78 is 2.26. The van der Waals surface area contributed by atoms with Gasteiger partial charge in [0.25, 0.3) is 5.69 Å². The van der Waals surface area contributed by atoms with Gasteiger partial charge in [-0.1, -0.05) is 36.4 Å². The van der Waals surface area contributed by atoms with Crippen LogP contribution in [0.5, 0.6) is 0 Å². The summed E-state index contributed by atoms with van der Waals surface area (Å²) in [6.45, 7) is 0. The van der Waals surface area contributed by atoms with Crippen LogP contribution in [0.15, 0.2) is 91.1 Å². The van der Waals surface area contributed by atoms with Crippen LogP contribution in [-0.4, -0.2) is 9.49 Å². The van der Waals surface area contributed by atoms with Crippen molar-refractivity contribution in [3.8, 4) is 5.69 Å². The number of para-hydroxylation sites is 2. The van der Waals surface area contributed by atoms with E-state index in [1.807, 2.05) is 18.2 Å². The third-order valence-electron chi connectivity index (χ3n) is 5.94. The molecule has 0 fully saturated rings. The van der Waals surface area contributed by atoms with Crippen molar-refractivity contribution in [3.05, 3.63) is 124 Å². The van der Waals surface area contributed by atoms with Gasteiger partial charge in [-0.25, -0.2) is 0 Å². The van der Waals surface area contributed by atoms with E-state index in [1.54, 1.807) is 12.1 Å². The summed E-state index contributed by atoms with van der Waals surface area (Å²) in [5, 5.41) is 11.1. The maximum Gasteiger partial charge on any atom is 0.269 e. The summed E-state index contributed by atoms with van der Waals surface area (Å²) in [5.74, 6) is 0. The van der Waals surface area contributed by atoms with E-state index < -0.39 is 0 Å². The van der Waals surface area contributed by atoms with Crippen LogP contribution in [0.3, 0.4) is 0 Å². The summed E-state index contributed by atoms with van der Waals surface area (Å²) in [7, 11) is 0. The van der Waals surface area contributed by atoms with Crippen LogP contribution in [0.25, 0.3) is 17.5 Å². The van der Waals surface area contributed by atoms with Gasteiger partial charge >= 0.3 is 0 Å². The highest BCUT2D eigenvalue weighted by atomic mass is 16.6. The molecule has 5 nitrogen and oxygen atoms in total. The Labute approximate surface area is 173 Å². The van der Waals surface area contributed by atoms with Gasteiger partial charge in [0.2, 0.25) is 0 Å². The number of hydrogen-bond acceptors (Lipinski definition) is 3. The summed E-state index contributed by atoms with van der Waals surface area (Å²) in [4.78, 5) is 13.1. The quantitative estimate of drug-likeness (QED) is 0.320. The first-order valence-corrected chi connectivity index (χ1v) is 9.84. The normalized spacial score (nSPS) is 16.1. The Kier molecular flexibility index (Phi) is 3.47. The minimum absolute atomic E-state index is 0.0290. The molecule has 2 aliphatic heterocycles. The second kappa shape index (κ2) is 6.19. The predicted molar refractivity (Wildman–Crippen MR) is 118 cm³/mol. The lowest BCUT2D eigenvalue weighted by atomic mass is 9.88. The van der Waals surface area contributed by atoms with Crippen molar-refractivity contribution in [1.29, 1.82) is 0 Å². The number of non-ortho nitro benzene ring substituents is 1. The van der Waals surface area contributed by atoms with E-state index in [1.165, 1.54) is 16.8 Å². The molecule has 0 amide bonds. The molecular weight excluding hydrogens is 374 g/mol. The molecule has 1 unspecified atom stereocenters. The minimum Gasteiger partial charge on any atom is -0.326 e. The van der Waals surface area contributed by atoms with Gasteiger partial charge in [0.15, 0.2) is 0 Å². The van der Waals surface area contributed by atoms with E-state index >= 15 is 0 Å². The fourth-order valence-electron chi connectivity index (χ4n) is 4.63. The van der Waals surface area contributed by atoms with Gasteiger partial charge in [0.05, 0.1) is 27.7 Å². The molecule has 1 atom stereocenters. The average molecular weight is 391 g/mol. The fourth-order valence-corrected chi connectivity index (χ4v) is 4.63. The van der Waals surface area contributed by atoms with Crippen molar-refractivity contribution in [2.24, 2.45) is 0 Å². The second-order valence-electron chi connectivity index (χ2n) is 7.53. The van der Waals surface area contributed by atoms with Gasteiger partial charge in [-0.3, -0.25) is 10.1 Å². The molecule has 2 aliphatic rings. The molecule has 3 aromatic carbocycles. The third kappa shape index (κ3) is 2.29. The third-order valence-corrected chi connectivity index (χ3v) is 5.94. The summed E-state index contributed by atoms with van der Waals surface area (Å²) in [5.41, 5.74) is 7.94. The Balaban J connectivity index is 1.63. The first-order valence-electron chi connectivity index (χ1n) is 9.84. The van der Waals surface area contributed by atoms with Gasteiger partial charge in [-0.05, 0) is 59.2 Å². The largest absolute Gasteiger partial charge is 0.326 e. The highest BCUT2D eigenvalue weighted by molar-refractivity contribution is 5.97. The molecule has 4 aromatic rings. The number of nitro benzene ring substituents is 1. The van der Waals surface area contributed by atoms with Crippen molar-refractivity contribution in [1.82, 2.24) is 4.57 Å². The maximum atomic E-state index is 11.1. The van der Waals surface area contributed by atoms with Crippen LogP contribution in [0.1, 0.15) is 28.4 Å². The van der Waals surface area contributed by atoms with Crippen molar-refractivity contribution < 1.29 is 4.92 Å². The molecule has 144 valence electrons. The number of nitro groups is 1. The fraction of sp³-hybridized carbons (Fsp3) is 0.0400. The zero-order chi connectivity index (χ0) is 20.2. The van der Waals surface area contributed by atoms with Gasteiger partial charge in [0, 0.05) is 18.3 Å².